The number of hydrogen-bond acceptors (Lipinski definition) is 8. The summed E-state index contributed by atoms with van der Waals surface area (Å²) in [5.74, 6) is -0.930. The molecule has 0 saturated heterocycles. The molecule has 0 aromatic carbocycles. The second kappa shape index (κ2) is 40.1. The number of ether oxygens (including phenoxy) is 2. The molecule has 0 heterocycles. The summed E-state index contributed by atoms with van der Waals surface area (Å²) in [6, 6.07) is 0. The normalized spacial score (nSPS) is 14.1. The zero-order chi connectivity index (χ0) is 42.8. The maximum Gasteiger partial charge on any atom is 0.306 e. The van der Waals surface area contributed by atoms with Gasteiger partial charge in [-0.15, -0.1) is 0 Å². The van der Waals surface area contributed by atoms with Crippen LogP contribution < -0.4 is 4.89 Å². The van der Waals surface area contributed by atoms with Crippen LogP contribution in [0.5, 0.6) is 0 Å². The first kappa shape index (κ1) is 55.7. The van der Waals surface area contributed by atoms with Crippen molar-refractivity contribution < 1.29 is 42.1 Å². The Morgan fingerprint density at radius 3 is 1.45 bits per heavy atom. The number of hydrogen-bond donors (Lipinski definition) is 0. The highest BCUT2D eigenvalue weighted by atomic mass is 31.2. The summed E-state index contributed by atoms with van der Waals surface area (Å²) < 4.78 is 33.8. The highest BCUT2D eigenvalue weighted by Gasteiger charge is 2.21. The molecule has 0 rings (SSSR count). The summed E-state index contributed by atoms with van der Waals surface area (Å²) in [7, 11) is 1.12. The van der Waals surface area contributed by atoms with E-state index in [1.165, 1.54) is 103 Å². The number of phosphoric acid groups is 1. The van der Waals surface area contributed by atoms with Crippen LogP contribution in [0.25, 0.3) is 0 Å². The molecule has 0 aliphatic rings. The average molecular weight is 836 g/mol. The fourth-order valence-electron chi connectivity index (χ4n) is 5.93. The van der Waals surface area contributed by atoms with Crippen LogP contribution in [0.2, 0.25) is 0 Å². The molecule has 9 nitrogen and oxygen atoms in total. The van der Waals surface area contributed by atoms with E-state index in [4.69, 9.17) is 18.5 Å². The van der Waals surface area contributed by atoms with Crippen molar-refractivity contribution in [1.82, 2.24) is 0 Å². The van der Waals surface area contributed by atoms with Gasteiger partial charge >= 0.3 is 11.9 Å². The summed E-state index contributed by atoms with van der Waals surface area (Å²) >= 11 is 0. The van der Waals surface area contributed by atoms with Gasteiger partial charge < -0.3 is 27.9 Å². The van der Waals surface area contributed by atoms with E-state index in [0.717, 1.165) is 44.9 Å². The van der Waals surface area contributed by atoms with Crippen LogP contribution in [0, 0.1) is 0 Å². The van der Waals surface area contributed by atoms with Gasteiger partial charge in [-0.05, 0) is 51.4 Å². The average Bonchev–Trinajstić information content (AvgIpc) is 3.17. The molecule has 2 atom stereocenters. The van der Waals surface area contributed by atoms with Crippen LogP contribution in [-0.2, 0) is 32.7 Å². The molecule has 0 amide bonds. The van der Waals surface area contributed by atoms with Gasteiger partial charge in [-0.3, -0.25) is 14.2 Å². The monoisotopic (exact) mass is 836 g/mol. The fraction of sp³-hybridized carbons (Fsp3) is 0.750. The molecule has 336 valence electrons. The quantitative estimate of drug-likeness (QED) is 0.0197. The number of carbonyl (C=O) groups excluding carboxylic acids is 2. The number of quaternary nitrogens is 1. The lowest BCUT2D eigenvalue weighted by molar-refractivity contribution is -0.870. The Hall–Kier alpha value is -2.29. The SMILES string of the molecule is CCCCC/C=C/C/C=C/C/C=C/C/C=C/C/C=C/CCC(=O)O[C@H](COC(=O)CCCCCCCCCCCCCCCCC)COP(=O)([O-])OCC[N+](C)(C)C. The van der Waals surface area contributed by atoms with Gasteiger partial charge in [0, 0.05) is 12.8 Å². The first-order chi connectivity index (χ1) is 28.0. The molecule has 0 bridgehead atoms. The number of nitrogens with zero attached hydrogens (tertiary/aromatic N) is 1. The van der Waals surface area contributed by atoms with Crippen molar-refractivity contribution in [3.05, 3.63) is 60.8 Å². The largest absolute Gasteiger partial charge is 0.756 e. The van der Waals surface area contributed by atoms with Gasteiger partial charge in [0.05, 0.1) is 27.7 Å². The van der Waals surface area contributed by atoms with Crippen LogP contribution in [-0.4, -0.2) is 70.0 Å². The number of esters is 2. The van der Waals surface area contributed by atoms with Crippen LogP contribution in [0.3, 0.4) is 0 Å². The molecule has 0 aliphatic carbocycles. The standard InChI is InChI=1S/C48H86NO8P/c1-6-8-10-12-14-16-18-20-22-23-24-25-27-29-31-33-35-37-39-41-48(51)57-46(45-56-58(52,53)55-43-42-49(3,4)5)44-54-47(50)40-38-36-34-32-30-28-26-21-19-17-15-13-11-9-7-2/h14,16,20,22,24-25,29,31,35,37,46H,6-13,15,17-19,21,23,26-28,30,32-34,36,38-45H2,1-5H3/b16-14+,22-20+,25-24+,31-29+,37-35+/t46-/m1/s1. The van der Waals surface area contributed by atoms with Crippen LogP contribution in [0.4, 0.5) is 0 Å². The van der Waals surface area contributed by atoms with E-state index in [0.29, 0.717) is 17.4 Å². The minimum absolute atomic E-state index is 0.0453. The van der Waals surface area contributed by atoms with E-state index in [1.807, 2.05) is 33.3 Å². The third kappa shape index (κ3) is 43.3. The Labute approximate surface area is 356 Å². The third-order valence-electron chi connectivity index (χ3n) is 9.55. The van der Waals surface area contributed by atoms with E-state index in [2.05, 4.69) is 62.5 Å². The summed E-state index contributed by atoms with van der Waals surface area (Å²) in [6.45, 7) is 4.12. The highest BCUT2D eigenvalue weighted by molar-refractivity contribution is 7.45. The predicted octanol–water partition coefficient (Wildman–Crippen LogP) is 12.6. The maximum absolute atomic E-state index is 12.7. The van der Waals surface area contributed by atoms with Crippen molar-refractivity contribution in [3.8, 4) is 0 Å². The lowest BCUT2D eigenvalue weighted by atomic mass is 10.0. The molecule has 0 N–H and O–H groups in total. The molecule has 0 aromatic rings. The van der Waals surface area contributed by atoms with Gasteiger partial charge in [0.15, 0.2) is 6.10 Å². The van der Waals surface area contributed by atoms with Crippen molar-refractivity contribution in [3.63, 3.8) is 0 Å². The molecular formula is C48H86NO8P. The van der Waals surface area contributed by atoms with E-state index < -0.39 is 32.5 Å². The summed E-state index contributed by atoms with van der Waals surface area (Å²) in [6.07, 6.45) is 48.3. The number of allylic oxidation sites excluding steroid dienone is 10. The molecular weight excluding hydrogens is 750 g/mol. The van der Waals surface area contributed by atoms with Crippen LogP contribution in [0.15, 0.2) is 60.8 Å². The van der Waals surface area contributed by atoms with Gasteiger partial charge in [-0.2, -0.15) is 0 Å². The number of carbonyl (C=O) groups is 2. The molecule has 0 aromatic heterocycles. The number of rotatable bonds is 41. The Kier molecular flexibility index (Phi) is 38.5. The zero-order valence-electron chi connectivity index (χ0n) is 37.7. The van der Waals surface area contributed by atoms with E-state index >= 15 is 0 Å². The number of phosphoric ester groups is 1. The van der Waals surface area contributed by atoms with Gasteiger partial charge in [0.1, 0.15) is 19.8 Å². The Morgan fingerprint density at radius 2 is 0.966 bits per heavy atom. The van der Waals surface area contributed by atoms with Gasteiger partial charge in [-0.25, -0.2) is 0 Å². The minimum atomic E-state index is -4.65. The number of likely N-dealkylation sites (N-methyl/N-ethyl adjacent to an activating group) is 1. The predicted molar refractivity (Wildman–Crippen MR) is 240 cm³/mol. The Balaban J connectivity index is 4.46. The summed E-state index contributed by atoms with van der Waals surface area (Å²) in [5.41, 5.74) is 0. The van der Waals surface area contributed by atoms with Crippen LogP contribution >= 0.6 is 7.82 Å². The molecule has 0 spiro atoms. The molecule has 0 saturated carbocycles. The van der Waals surface area contributed by atoms with Crippen molar-refractivity contribution in [2.45, 2.75) is 187 Å². The van der Waals surface area contributed by atoms with E-state index in [9.17, 15) is 19.0 Å². The lowest BCUT2D eigenvalue weighted by Gasteiger charge is -2.28. The van der Waals surface area contributed by atoms with Crippen LogP contribution in [0.1, 0.15) is 181 Å². The highest BCUT2D eigenvalue weighted by Crippen LogP contribution is 2.38. The molecule has 1 unspecified atom stereocenters. The van der Waals surface area contributed by atoms with Gasteiger partial charge in [0.2, 0.25) is 0 Å². The van der Waals surface area contributed by atoms with Crippen molar-refractivity contribution in [1.29, 1.82) is 0 Å². The second-order valence-electron chi connectivity index (χ2n) is 16.4. The van der Waals surface area contributed by atoms with Crippen molar-refractivity contribution >= 4 is 19.8 Å². The van der Waals surface area contributed by atoms with E-state index in [-0.39, 0.29) is 26.1 Å². The molecule has 0 aliphatic heterocycles. The molecule has 0 fully saturated rings. The Morgan fingerprint density at radius 1 is 0.534 bits per heavy atom. The smallest absolute Gasteiger partial charge is 0.306 e. The fourth-order valence-corrected chi connectivity index (χ4v) is 6.66. The molecule has 10 heteroatoms. The number of unbranched alkanes of at least 4 members (excludes halogenated alkanes) is 17. The van der Waals surface area contributed by atoms with Crippen molar-refractivity contribution in [2.24, 2.45) is 0 Å². The Bertz CT molecular complexity index is 1170. The minimum Gasteiger partial charge on any atom is -0.756 e. The summed E-state index contributed by atoms with van der Waals surface area (Å²) in [5, 5.41) is 0. The summed E-state index contributed by atoms with van der Waals surface area (Å²) in [4.78, 5) is 37.5. The second-order valence-corrected chi connectivity index (χ2v) is 17.8. The lowest BCUT2D eigenvalue weighted by Crippen LogP contribution is -2.37. The third-order valence-corrected chi connectivity index (χ3v) is 10.5. The molecule has 58 heavy (non-hydrogen) atoms. The first-order valence-corrected chi connectivity index (χ1v) is 24.5. The zero-order valence-corrected chi connectivity index (χ0v) is 38.6. The topological polar surface area (TPSA) is 111 Å². The maximum atomic E-state index is 12.7. The van der Waals surface area contributed by atoms with E-state index in [1.54, 1.807) is 0 Å². The van der Waals surface area contributed by atoms with Gasteiger partial charge in [-0.1, -0.05) is 177 Å². The first-order valence-electron chi connectivity index (χ1n) is 23.0. The van der Waals surface area contributed by atoms with Crippen molar-refractivity contribution in [2.75, 3.05) is 47.5 Å². The van der Waals surface area contributed by atoms with Gasteiger partial charge in [0.25, 0.3) is 7.82 Å². The molecule has 0 radical (unpaired) electrons.